The fourth-order valence-electron chi connectivity index (χ4n) is 3.54. The van der Waals surface area contributed by atoms with E-state index in [4.69, 9.17) is 16.7 Å². The maximum atomic E-state index is 13.0. The largest absolute Gasteiger partial charge is 0.406 e. The van der Waals surface area contributed by atoms with Gasteiger partial charge in [0.25, 0.3) is 0 Å². The predicted octanol–water partition coefficient (Wildman–Crippen LogP) is 3.22. The Morgan fingerprint density at radius 2 is 2.00 bits per heavy atom. The van der Waals surface area contributed by atoms with Crippen LogP contribution in [0, 0.1) is 5.92 Å². The second kappa shape index (κ2) is 6.37. The molecule has 0 unspecified atom stereocenters. The smallest absolute Gasteiger partial charge is 0.396 e. The first-order chi connectivity index (χ1) is 12.4. The number of nitrogens with zero attached hydrogens (tertiary/aromatic N) is 4. The summed E-state index contributed by atoms with van der Waals surface area (Å²) in [6.45, 7) is 1.34. The van der Waals surface area contributed by atoms with Gasteiger partial charge in [-0.1, -0.05) is 17.7 Å². The molecule has 4 rings (SSSR count). The minimum atomic E-state index is -4.38. The third-order valence-electron chi connectivity index (χ3n) is 4.69. The van der Waals surface area contributed by atoms with Gasteiger partial charge in [0, 0.05) is 37.5 Å². The van der Waals surface area contributed by atoms with E-state index in [1.54, 1.807) is 6.07 Å². The van der Waals surface area contributed by atoms with E-state index >= 15 is 0 Å². The fraction of sp³-hybridized carbons (Fsp3) is 0.412. The van der Waals surface area contributed by atoms with Crippen molar-refractivity contribution in [2.75, 3.05) is 19.7 Å². The van der Waals surface area contributed by atoms with Crippen LogP contribution in [0.15, 0.2) is 24.5 Å². The minimum Gasteiger partial charge on any atom is -0.396 e. The monoisotopic (exact) mass is 384 g/mol. The fourth-order valence-corrected chi connectivity index (χ4v) is 3.78. The first-order valence-corrected chi connectivity index (χ1v) is 8.55. The van der Waals surface area contributed by atoms with Crippen molar-refractivity contribution in [3.8, 4) is 0 Å². The second-order valence-corrected chi connectivity index (χ2v) is 7.02. The molecule has 26 heavy (non-hydrogen) atoms. The van der Waals surface area contributed by atoms with Gasteiger partial charge in [0.15, 0.2) is 5.15 Å². The summed E-state index contributed by atoms with van der Waals surface area (Å²) >= 11 is 6.08. The van der Waals surface area contributed by atoms with Gasteiger partial charge in [-0.25, -0.2) is 9.97 Å². The van der Waals surface area contributed by atoms with Gasteiger partial charge in [0.1, 0.15) is 23.9 Å². The molecule has 1 aromatic carbocycles. The van der Waals surface area contributed by atoms with Gasteiger partial charge in [0.2, 0.25) is 0 Å². The Kier molecular flexibility index (Phi) is 4.29. The standard InChI is InChI=1S/C17H16ClF3N4O/c18-16-15-14(22-9-23-16)12-3-10(4-24-5-11(6-24)7-26)1-2-13(12)25(15)8-17(19,20)21/h1-3,9,11,26H,4-8H2. The van der Waals surface area contributed by atoms with Crippen LogP contribution in [0.5, 0.6) is 0 Å². The molecule has 3 heterocycles. The summed E-state index contributed by atoms with van der Waals surface area (Å²) in [5.74, 6) is 0.305. The second-order valence-electron chi connectivity index (χ2n) is 6.66. The van der Waals surface area contributed by atoms with Crippen molar-refractivity contribution in [1.82, 2.24) is 19.4 Å². The third-order valence-corrected chi connectivity index (χ3v) is 4.97. The van der Waals surface area contributed by atoms with Crippen molar-refractivity contribution in [3.63, 3.8) is 0 Å². The average molecular weight is 385 g/mol. The lowest BCUT2D eigenvalue weighted by molar-refractivity contribution is -0.139. The number of likely N-dealkylation sites (tertiary alicyclic amines) is 1. The topological polar surface area (TPSA) is 54.2 Å². The lowest BCUT2D eigenvalue weighted by atomic mass is 10.00. The molecule has 0 amide bonds. The Balaban J connectivity index is 1.78. The molecule has 0 saturated carbocycles. The van der Waals surface area contributed by atoms with Crippen molar-refractivity contribution in [1.29, 1.82) is 0 Å². The Hall–Kier alpha value is -1.90. The van der Waals surface area contributed by atoms with E-state index in [1.165, 1.54) is 6.33 Å². The summed E-state index contributed by atoms with van der Waals surface area (Å²) < 4.78 is 40.3. The van der Waals surface area contributed by atoms with Crippen molar-refractivity contribution in [3.05, 3.63) is 35.2 Å². The number of alkyl halides is 3. The Labute approximate surface area is 152 Å². The molecule has 138 valence electrons. The summed E-state index contributed by atoms with van der Waals surface area (Å²) in [7, 11) is 0. The van der Waals surface area contributed by atoms with Crippen LogP contribution in [0.1, 0.15) is 5.56 Å². The number of rotatable bonds is 4. The highest BCUT2D eigenvalue weighted by atomic mass is 35.5. The first kappa shape index (κ1) is 17.5. The summed E-state index contributed by atoms with van der Waals surface area (Å²) in [4.78, 5) is 10.2. The maximum absolute atomic E-state index is 13.0. The van der Waals surface area contributed by atoms with Gasteiger partial charge in [-0.3, -0.25) is 4.90 Å². The molecule has 2 aromatic heterocycles. The SMILES string of the molecule is OCC1CN(Cc2ccc3c(c2)c2ncnc(Cl)c2n3CC(F)(F)F)C1. The highest BCUT2D eigenvalue weighted by Crippen LogP contribution is 2.34. The summed E-state index contributed by atoms with van der Waals surface area (Å²) in [5.41, 5.74) is 2.03. The van der Waals surface area contributed by atoms with Gasteiger partial charge in [-0.15, -0.1) is 0 Å². The molecule has 0 atom stereocenters. The quantitative estimate of drug-likeness (QED) is 0.702. The predicted molar refractivity (Wildman–Crippen MR) is 92.0 cm³/mol. The zero-order valence-electron chi connectivity index (χ0n) is 13.7. The number of aliphatic hydroxyl groups is 1. The van der Waals surface area contributed by atoms with Crippen LogP contribution in [0.3, 0.4) is 0 Å². The number of fused-ring (bicyclic) bond motifs is 3. The number of halogens is 4. The molecule has 9 heteroatoms. The van der Waals surface area contributed by atoms with E-state index in [0.29, 0.717) is 28.9 Å². The first-order valence-electron chi connectivity index (χ1n) is 8.17. The van der Waals surface area contributed by atoms with Crippen LogP contribution in [0.25, 0.3) is 21.9 Å². The molecule has 1 saturated heterocycles. The maximum Gasteiger partial charge on any atom is 0.406 e. The van der Waals surface area contributed by atoms with E-state index in [9.17, 15) is 13.2 Å². The molecule has 3 aromatic rings. The van der Waals surface area contributed by atoms with Crippen LogP contribution < -0.4 is 0 Å². The molecule has 5 nitrogen and oxygen atoms in total. The minimum absolute atomic E-state index is 0.00512. The molecule has 0 radical (unpaired) electrons. The van der Waals surface area contributed by atoms with Crippen molar-refractivity contribution in [2.24, 2.45) is 5.92 Å². The van der Waals surface area contributed by atoms with E-state index in [0.717, 1.165) is 23.2 Å². The Morgan fingerprint density at radius 1 is 1.23 bits per heavy atom. The lowest BCUT2D eigenvalue weighted by Crippen LogP contribution is -2.47. The summed E-state index contributed by atoms with van der Waals surface area (Å²) in [5, 5.41) is 9.74. The number of hydrogen-bond donors (Lipinski definition) is 1. The number of benzene rings is 1. The average Bonchev–Trinajstić information content (AvgIpc) is 2.84. The van der Waals surface area contributed by atoms with Crippen LogP contribution in [0.4, 0.5) is 13.2 Å². The van der Waals surface area contributed by atoms with Gasteiger partial charge < -0.3 is 9.67 Å². The van der Waals surface area contributed by atoms with E-state index in [-0.39, 0.29) is 17.3 Å². The number of hydrogen-bond acceptors (Lipinski definition) is 4. The van der Waals surface area contributed by atoms with Crippen molar-refractivity contribution in [2.45, 2.75) is 19.3 Å². The number of aliphatic hydroxyl groups excluding tert-OH is 1. The van der Waals surface area contributed by atoms with Gasteiger partial charge >= 0.3 is 6.18 Å². The molecule has 0 aliphatic carbocycles. The Bertz CT molecular complexity index is 966. The molecule has 1 aliphatic heterocycles. The molecule has 1 aliphatic rings. The summed E-state index contributed by atoms with van der Waals surface area (Å²) in [6.07, 6.45) is -3.12. The van der Waals surface area contributed by atoms with Crippen LogP contribution in [-0.2, 0) is 13.1 Å². The zero-order chi connectivity index (χ0) is 18.5. The molecule has 1 N–H and O–H groups in total. The van der Waals surface area contributed by atoms with Gasteiger partial charge in [0.05, 0.1) is 5.52 Å². The van der Waals surface area contributed by atoms with Crippen LogP contribution >= 0.6 is 11.6 Å². The molecular weight excluding hydrogens is 369 g/mol. The van der Waals surface area contributed by atoms with Crippen LogP contribution in [0.2, 0.25) is 5.15 Å². The normalized spacial score (nSPS) is 16.5. The van der Waals surface area contributed by atoms with E-state index < -0.39 is 12.7 Å². The van der Waals surface area contributed by atoms with Crippen LogP contribution in [-0.4, -0.2) is 50.4 Å². The van der Waals surface area contributed by atoms with E-state index in [2.05, 4.69) is 14.9 Å². The Morgan fingerprint density at radius 3 is 2.69 bits per heavy atom. The highest BCUT2D eigenvalue weighted by molar-refractivity contribution is 6.34. The molecule has 1 fully saturated rings. The summed E-state index contributed by atoms with van der Waals surface area (Å²) in [6, 6.07) is 5.36. The van der Waals surface area contributed by atoms with Gasteiger partial charge in [-0.05, 0) is 17.7 Å². The number of aromatic nitrogens is 3. The molecular formula is C17H16ClF3N4O. The van der Waals surface area contributed by atoms with E-state index in [1.807, 2.05) is 12.1 Å². The highest BCUT2D eigenvalue weighted by Gasteiger charge is 2.31. The molecule has 0 spiro atoms. The third kappa shape index (κ3) is 3.13. The van der Waals surface area contributed by atoms with Gasteiger partial charge in [-0.2, -0.15) is 13.2 Å². The van der Waals surface area contributed by atoms with Crippen molar-refractivity contribution >= 4 is 33.5 Å². The zero-order valence-corrected chi connectivity index (χ0v) is 14.4. The lowest BCUT2D eigenvalue weighted by Gasteiger charge is -2.38. The molecule has 0 bridgehead atoms. The van der Waals surface area contributed by atoms with Crippen molar-refractivity contribution < 1.29 is 18.3 Å².